The van der Waals surface area contributed by atoms with Crippen molar-refractivity contribution in [3.05, 3.63) is 61.2 Å². The topological polar surface area (TPSA) is 90.4 Å². The van der Waals surface area contributed by atoms with E-state index in [9.17, 15) is 19.5 Å². The van der Waals surface area contributed by atoms with Gasteiger partial charge in [-0.05, 0) is 39.2 Å². The van der Waals surface area contributed by atoms with E-state index in [1.165, 1.54) is 4.90 Å². The fourth-order valence-corrected chi connectivity index (χ4v) is 6.47. The molecule has 0 radical (unpaired) electrons. The van der Waals surface area contributed by atoms with Crippen LogP contribution in [0.5, 0.6) is 0 Å². The van der Waals surface area contributed by atoms with E-state index in [-0.39, 0.29) is 30.4 Å². The quantitative estimate of drug-likeness (QED) is 0.463. The van der Waals surface area contributed by atoms with Gasteiger partial charge in [-0.2, -0.15) is 0 Å². The highest BCUT2D eigenvalue weighted by Gasteiger charge is 2.75. The molecule has 8 nitrogen and oxygen atoms in total. The Morgan fingerprint density at radius 2 is 1.84 bits per heavy atom. The van der Waals surface area contributed by atoms with Gasteiger partial charge >= 0.3 is 0 Å². The van der Waals surface area contributed by atoms with E-state index < -0.39 is 35.6 Å². The molecule has 0 aromatic heterocycles. The average Bonchev–Trinajstić information content (AvgIpc) is 3.53. The zero-order valence-electron chi connectivity index (χ0n) is 22.1. The Morgan fingerprint density at radius 3 is 2.43 bits per heavy atom. The van der Waals surface area contributed by atoms with E-state index in [1.807, 2.05) is 44.2 Å². The van der Waals surface area contributed by atoms with Gasteiger partial charge in [0.25, 0.3) is 0 Å². The average molecular weight is 510 g/mol. The van der Waals surface area contributed by atoms with Crippen molar-refractivity contribution < 1.29 is 24.2 Å². The van der Waals surface area contributed by atoms with Crippen molar-refractivity contribution in [1.82, 2.24) is 14.7 Å². The summed E-state index contributed by atoms with van der Waals surface area (Å²) in [6, 6.07) is 8.09. The molecule has 37 heavy (non-hydrogen) atoms. The van der Waals surface area contributed by atoms with Crippen LogP contribution in [0, 0.1) is 11.8 Å². The standard InChI is InChI=1S/C29H39N3O5/c1-6-15-30(17-21-11-9-8-10-12-21)26(34)23-22-13-14-29(37-22)24(23)27(35)32(20(5)18-33)25(29)28(36)31(16-7-2)19(3)4/h6-12,19-20,22-25,33H,1-2,13-18H2,3-5H3/t20-,22+,23-,24+,25?,29?/m1/s1. The van der Waals surface area contributed by atoms with Gasteiger partial charge < -0.3 is 24.5 Å². The van der Waals surface area contributed by atoms with Crippen LogP contribution in [0.1, 0.15) is 39.2 Å². The van der Waals surface area contributed by atoms with Gasteiger partial charge in [-0.1, -0.05) is 42.5 Å². The highest BCUT2D eigenvalue weighted by molar-refractivity contribution is 5.99. The van der Waals surface area contributed by atoms with Crippen molar-refractivity contribution >= 4 is 17.7 Å². The van der Waals surface area contributed by atoms with Gasteiger partial charge in [-0.25, -0.2) is 0 Å². The Balaban J connectivity index is 1.72. The highest BCUT2D eigenvalue weighted by atomic mass is 16.5. The number of nitrogens with zero attached hydrogens (tertiary/aromatic N) is 3. The number of aliphatic hydroxyl groups excluding tert-OH is 1. The predicted molar refractivity (Wildman–Crippen MR) is 140 cm³/mol. The van der Waals surface area contributed by atoms with E-state index in [1.54, 1.807) is 28.9 Å². The van der Waals surface area contributed by atoms with Crippen LogP contribution in [-0.4, -0.2) is 87.1 Å². The minimum atomic E-state index is -1.09. The molecule has 3 aliphatic heterocycles. The first-order valence-electron chi connectivity index (χ1n) is 13.2. The molecule has 3 aliphatic rings. The second kappa shape index (κ2) is 10.8. The number of hydrogen-bond acceptors (Lipinski definition) is 5. The second-order valence-electron chi connectivity index (χ2n) is 10.7. The molecule has 8 heteroatoms. The van der Waals surface area contributed by atoms with Crippen molar-refractivity contribution in [2.75, 3.05) is 19.7 Å². The van der Waals surface area contributed by atoms with Crippen LogP contribution in [0.25, 0.3) is 0 Å². The lowest BCUT2D eigenvalue weighted by Gasteiger charge is -2.39. The number of carbonyl (C=O) groups is 3. The van der Waals surface area contributed by atoms with Gasteiger partial charge in [0.15, 0.2) is 0 Å². The Kier molecular flexibility index (Phi) is 7.90. The van der Waals surface area contributed by atoms with Gasteiger partial charge in [0.1, 0.15) is 11.6 Å². The lowest BCUT2D eigenvalue weighted by molar-refractivity contribution is -0.152. The van der Waals surface area contributed by atoms with E-state index >= 15 is 0 Å². The van der Waals surface area contributed by atoms with Crippen LogP contribution in [-0.2, 0) is 25.7 Å². The smallest absolute Gasteiger partial charge is 0.248 e. The minimum absolute atomic E-state index is 0.118. The maximum absolute atomic E-state index is 14.1. The summed E-state index contributed by atoms with van der Waals surface area (Å²) in [4.78, 5) is 47.0. The monoisotopic (exact) mass is 509 g/mol. The SMILES string of the molecule is C=CCN(Cc1ccccc1)C(=O)[C@@H]1[C@@H]2CCC3(O2)C(C(=O)N(CC=C)C(C)C)N([C@H](C)CO)C(=O)[C@H]13. The number of aliphatic hydroxyl groups is 1. The molecular weight excluding hydrogens is 470 g/mol. The van der Waals surface area contributed by atoms with Crippen LogP contribution in [0.4, 0.5) is 0 Å². The molecule has 3 heterocycles. The van der Waals surface area contributed by atoms with Crippen LogP contribution < -0.4 is 0 Å². The Labute approximate surface area is 219 Å². The molecule has 2 bridgehead atoms. The zero-order chi connectivity index (χ0) is 26.9. The van der Waals surface area contributed by atoms with Crippen molar-refractivity contribution in [2.24, 2.45) is 11.8 Å². The van der Waals surface area contributed by atoms with Crippen LogP contribution in [0.3, 0.4) is 0 Å². The lowest BCUT2D eigenvalue weighted by Crippen LogP contribution is -2.59. The summed E-state index contributed by atoms with van der Waals surface area (Å²) >= 11 is 0. The largest absolute Gasteiger partial charge is 0.394 e. The molecule has 1 aromatic rings. The summed E-state index contributed by atoms with van der Waals surface area (Å²) in [6.07, 6.45) is 4.03. The normalized spacial score (nSPS) is 28.8. The van der Waals surface area contributed by atoms with Crippen LogP contribution in [0.2, 0.25) is 0 Å². The predicted octanol–water partition coefficient (Wildman–Crippen LogP) is 2.38. The molecule has 0 saturated carbocycles. The fraction of sp³-hybridized carbons (Fsp3) is 0.552. The molecule has 200 valence electrons. The van der Waals surface area contributed by atoms with Gasteiger partial charge in [0.2, 0.25) is 17.7 Å². The van der Waals surface area contributed by atoms with E-state index in [0.717, 1.165) is 5.56 Å². The molecule has 3 fully saturated rings. The number of ether oxygens (including phenoxy) is 1. The molecule has 6 atom stereocenters. The Morgan fingerprint density at radius 1 is 1.16 bits per heavy atom. The number of hydrogen-bond donors (Lipinski definition) is 1. The summed E-state index contributed by atoms with van der Waals surface area (Å²) in [5.74, 6) is -2.15. The van der Waals surface area contributed by atoms with Gasteiger partial charge in [0, 0.05) is 25.7 Å². The zero-order valence-corrected chi connectivity index (χ0v) is 22.1. The molecule has 0 aliphatic carbocycles. The number of amides is 3. The van der Waals surface area contributed by atoms with E-state index in [2.05, 4.69) is 13.2 Å². The Bertz CT molecular complexity index is 1040. The molecule has 3 saturated heterocycles. The minimum Gasteiger partial charge on any atom is -0.394 e. The van der Waals surface area contributed by atoms with Crippen LogP contribution >= 0.6 is 0 Å². The third kappa shape index (κ3) is 4.50. The summed E-state index contributed by atoms with van der Waals surface area (Å²) in [6.45, 7) is 14.0. The van der Waals surface area contributed by atoms with Gasteiger partial charge in [-0.15, -0.1) is 13.2 Å². The van der Waals surface area contributed by atoms with Crippen molar-refractivity contribution in [3.8, 4) is 0 Å². The first kappa shape index (κ1) is 27.1. The summed E-state index contributed by atoms with van der Waals surface area (Å²) in [7, 11) is 0. The molecular formula is C29H39N3O5. The molecule has 4 rings (SSSR count). The number of rotatable bonds is 11. The molecule has 3 amide bonds. The number of likely N-dealkylation sites (tertiary alicyclic amines) is 1. The van der Waals surface area contributed by atoms with Gasteiger partial charge in [0.05, 0.1) is 30.6 Å². The molecule has 1 aromatic carbocycles. The Hall–Kier alpha value is -2.97. The van der Waals surface area contributed by atoms with E-state index in [0.29, 0.717) is 32.5 Å². The lowest BCUT2D eigenvalue weighted by atomic mass is 9.70. The van der Waals surface area contributed by atoms with E-state index in [4.69, 9.17) is 4.74 Å². The number of fused-ring (bicyclic) bond motifs is 1. The number of carbonyl (C=O) groups excluding carboxylic acids is 3. The summed E-state index contributed by atoms with van der Waals surface area (Å²) in [5.41, 5.74) is -0.112. The molecule has 2 unspecified atom stereocenters. The molecule has 1 N–H and O–H groups in total. The second-order valence-corrected chi connectivity index (χ2v) is 10.7. The third-order valence-electron chi connectivity index (χ3n) is 8.11. The van der Waals surface area contributed by atoms with Gasteiger partial charge in [-0.3, -0.25) is 14.4 Å². The summed E-state index contributed by atoms with van der Waals surface area (Å²) < 4.78 is 6.54. The first-order chi connectivity index (χ1) is 17.7. The summed E-state index contributed by atoms with van der Waals surface area (Å²) in [5, 5.41) is 10.0. The van der Waals surface area contributed by atoms with Crippen molar-refractivity contribution in [3.63, 3.8) is 0 Å². The maximum atomic E-state index is 14.1. The fourth-order valence-electron chi connectivity index (χ4n) is 6.47. The van der Waals surface area contributed by atoms with Crippen molar-refractivity contribution in [1.29, 1.82) is 0 Å². The number of benzene rings is 1. The van der Waals surface area contributed by atoms with Crippen LogP contribution in [0.15, 0.2) is 55.6 Å². The first-order valence-corrected chi connectivity index (χ1v) is 13.2. The third-order valence-corrected chi connectivity index (χ3v) is 8.11. The van der Waals surface area contributed by atoms with Crippen molar-refractivity contribution in [2.45, 2.75) is 70.0 Å². The maximum Gasteiger partial charge on any atom is 0.248 e. The highest BCUT2D eigenvalue weighted by Crippen LogP contribution is 2.59. The molecule has 1 spiro atoms.